The first-order valence-electron chi connectivity index (χ1n) is 10.4. The quantitative estimate of drug-likeness (QED) is 0.287. The Kier molecular flexibility index (Phi) is 10.2. The molecule has 1 aromatic carbocycles. The number of hydrogen-bond donors (Lipinski definition) is 3. The van der Waals surface area contributed by atoms with Gasteiger partial charge >= 0.3 is 0 Å². The second-order valence-corrected chi connectivity index (χ2v) is 7.22. The Hall–Kier alpha value is -1.39. The highest BCUT2D eigenvalue weighted by Gasteiger charge is 2.14. The van der Waals surface area contributed by atoms with Gasteiger partial charge in [-0.2, -0.15) is 0 Å². The highest BCUT2D eigenvalue weighted by Crippen LogP contribution is 2.19. The van der Waals surface area contributed by atoms with Gasteiger partial charge in [-0.1, -0.05) is 6.92 Å². The molecule has 0 atom stereocenters. The summed E-state index contributed by atoms with van der Waals surface area (Å²) in [4.78, 5) is 12.9. The zero-order chi connectivity index (χ0) is 19.8. The molecule has 162 valence electrons. The van der Waals surface area contributed by atoms with Crippen LogP contribution in [0.5, 0.6) is 0 Å². The number of halogens is 2. The molecule has 1 aliphatic rings. The molecule has 29 heavy (non-hydrogen) atoms. The SMILES string of the molecule is CCNC(=NCCN1CCN(CC)CC1)NCCc1c[nH]c2ccc(F)cc12.I. The van der Waals surface area contributed by atoms with Gasteiger partial charge in [0.25, 0.3) is 0 Å². The van der Waals surface area contributed by atoms with Gasteiger partial charge in [0.1, 0.15) is 5.82 Å². The van der Waals surface area contributed by atoms with Gasteiger partial charge in [0, 0.05) is 62.9 Å². The largest absolute Gasteiger partial charge is 0.361 e. The van der Waals surface area contributed by atoms with Crippen molar-refractivity contribution in [3.8, 4) is 0 Å². The fraction of sp³-hybridized carbons (Fsp3) is 0.571. The fourth-order valence-corrected chi connectivity index (χ4v) is 3.65. The van der Waals surface area contributed by atoms with Crippen molar-refractivity contribution in [2.75, 3.05) is 58.9 Å². The molecule has 1 saturated heterocycles. The molecule has 0 amide bonds. The van der Waals surface area contributed by atoms with E-state index in [1.54, 1.807) is 12.1 Å². The zero-order valence-corrected chi connectivity index (χ0v) is 19.8. The van der Waals surface area contributed by atoms with Crippen molar-refractivity contribution < 1.29 is 4.39 Å². The highest BCUT2D eigenvalue weighted by atomic mass is 127. The normalized spacial score (nSPS) is 16.0. The van der Waals surface area contributed by atoms with Crippen LogP contribution in [-0.4, -0.2) is 79.6 Å². The maximum Gasteiger partial charge on any atom is 0.191 e. The number of rotatable bonds is 8. The van der Waals surface area contributed by atoms with Crippen molar-refractivity contribution in [2.45, 2.75) is 20.3 Å². The van der Waals surface area contributed by atoms with Crippen molar-refractivity contribution in [1.29, 1.82) is 0 Å². The summed E-state index contributed by atoms with van der Waals surface area (Å²) in [5, 5.41) is 7.66. The summed E-state index contributed by atoms with van der Waals surface area (Å²) in [5.41, 5.74) is 2.09. The molecule has 1 fully saturated rings. The molecule has 0 spiro atoms. The van der Waals surface area contributed by atoms with E-state index in [0.29, 0.717) is 0 Å². The summed E-state index contributed by atoms with van der Waals surface area (Å²) >= 11 is 0. The number of aromatic amines is 1. The highest BCUT2D eigenvalue weighted by molar-refractivity contribution is 14.0. The van der Waals surface area contributed by atoms with Gasteiger partial charge in [0.05, 0.1) is 6.54 Å². The molecule has 0 aliphatic carbocycles. The van der Waals surface area contributed by atoms with Crippen LogP contribution < -0.4 is 10.6 Å². The van der Waals surface area contributed by atoms with Crippen molar-refractivity contribution in [2.24, 2.45) is 4.99 Å². The van der Waals surface area contributed by atoms with Crippen LogP contribution in [0.1, 0.15) is 19.4 Å². The summed E-state index contributed by atoms with van der Waals surface area (Å²) in [6.45, 7) is 13.4. The van der Waals surface area contributed by atoms with E-state index in [-0.39, 0.29) is 29.8 Å². The van der Waals surface area contributed by atoms with Crippen LogP contribution in [-0.2, 0) is 6.42 Å². The molecule has 0 radical (unpaired) electrons. The summed E-state index contributed by atoms with van der Waals surface area (Å²) in [6.07, 6.45) is 2.78. The number of hydrogen-bond acceptors (Lipinski definition) is 3. The first-order valence-corrected chi connectivity index (χ1v) is 10.4. The minimum absolute atomic E-state index is 0. The molecule has 1 aliphatic heterocycles. The molecule has 0 saturated carbocycles. The number of piperazine rings is 1. The molecular weight excluding hydrogens is 482 g/mol. The van der Waals surface area contributed by atoms with Crippen LogP contribution in [0, 0.1) is 5.82 Å². The molecule has 1 aromatic heterocycles. The first kappa shape index (κ1) is 23.9. The maximum absolute atomic E-state index is 13.5. The summed E-state index contributed by atoms with van der Waals surface area (Å²) in [5.74, 6) is 0.650. The third-order valence-corrected chi connectivity index (χ3v) is 5.36. The molecule has 0 unspecified atom stereocenters. The van der Waals surface area contributed by atoms with Crippen LogP contribution in [0.15, 0.2) is 29.4 Å². The molecule has 8 heteroatoms. The number of guanidine groups is 1. The van der Waals surface area contributed by atoms with Crippen molar-refractivity contribution >= 4 is 40.8 Å². The van der Waals surface area contributed by atoms with E-state index in [1.807, 2.05) is 6.20 Å². The van der Waals surface area contributed by atoms with Crippen LogP contribution in [0.3, 0.4) is 0 Å². The van der Waals surface area contributed by atoms with Gasteiger partial charge in [-0.3, -0.25) is 9.89 Å². The van der Waals surface area contributed by atoms with E-state index in [0.717, 1.165) is 87.7 Å². The average Bonchev–Trinajstić information content (AvgIpc) is 3.10. The molecule has 6 nitrogen and oxygen atoms in total. The number of aliphatic imine (C=N–C) groups is 1. The predicted octanol–water partition coefficient (Wildman–Crippen LogP) is 2.66. The van der Waals surface area contributed by atoms with Crippen LogP contribution >= 0.6 is 24.0 Å². The van der Waals surface area contributed by atoms with Gasteiger partial charge < -0.3 is 20.5 Å². The van der Waals surface area contributed by atoms with E-state index in [2.05, 4.69) is 39.3 Å². The maximum atomic E-state index is 13.5. The standard InChI is InChI=1S/C21H33FN6.HI/c1-3-23-21(25-9-10-28-13-11-27(4-2)12-14-28)24-8-7-17-16-26-20-6-5-18(22)15-19(17)20;/h5-6,15-16,26H,3-4,7-14H2,1-2H3,(H2,23,24,25);1H. The topological polar surface area (TPSA) is 58.7 Å². The van der Waals surface area contributed by atoms with Crippen LogP contribution in [0.4, 0.5) is 4.39 Å². The van der Waals surface area contributed by atoms with Crippen LogP contribution in [0.2, 0.25) is 0 Å². The Balaban J connectivity index is 0.00000300. The minimum atomic E-state index is -0.198. The van der Waals surface area contributed by atoms with E-state index >= 15 is 0 Å². The number of aromatic nitrogens is 1. The van der Waals surface area contributed by atoms with E-state index in [9.17, 15) is 4.39 Å². The van der Waals surface area contributed by atoms with Gasteiger partial charge in [-0.25, -0.2) is 4.39 Å². The van der Waals surface area contributed by atoms with E-state index in [1.165, 1.54) is 6.07 Å². The second-order valence-electron chi connectivity index (χ2n) is 7.22. The number of fused-ring (bicyclic) bond motifs is 1. The smallest absolute Gasteiger partial charge is 0.191 e. The van der Waals surface area contributed by atoms with Gasteiger partial charge in [0.2, 0.25) is 0 Å². The lowest BCUT2D eigenvalue weighted by Gasteiger charge is -2.33. The molecule has 0 bridgehead atoms. The predicted molar refractivity (Wildman–Crippen MR) is 130 cm³/mol. The molecule has 3 N–H and O–H groups in total. The summed E-state index contributed by atoms with van der Waals surface area (Å²) in [7, 11) is 0. The number of nitrogens with zero attached hydrogens (tertiary/aromatic N) is 3. The van der Waals surface area contributed by atoms with Crippen LogP contribution in [0.25, 0.3) is 10.9 Å². The fourth-order valence-electron chi connectivity index (χ4n) is 3.65. The number of nitrogens with one attached hydrogen (secondary N) is 3. The summed E-state index contributed by atoms with van der Waals surface area (Å²) in [6, 6.07) is 4.87. The Morgan fingerprint density at radius 1 is 1.14 bits per heavy atom. The van der Waals surface area contributed by atoms with Gasteiger partial charge in [-0.05, 0) is 43.7 Å². The monoisotopic (exact) mass is 516 g/mol. The lowest BCUT2D eigenvalue weighted by Crippen LogP contribution is -2.47. The molecular formula is C21H34FIN6. The second kappa shape index (κ2) is 12.3. The third kappa shape index (κ3) is 7.11. The van der Waals surface area contributed by atoms with Crippen molar-refractivity contribution in [3.63, 3.8) is 0 Å². The number of H-pyrrole nitrogens is 1. The Labute approximate surface area is 190 Å². The molecule has 3 rings (SSSR count). The Bertz CT molecular complexity index is 770. The number of benzene rings is 1. The zero-order valence-electron chi connectivity index (χ0n) is 17.5. The van der Waals surface area contributed by atoms with E-state index < -0.39 is 0 Å². The Morgan fingerprint density at radius 2 is 1.90 bits per heavy atom. The lowest BCUT2D eigenvalue weighted by atomic mass is 10.1. The number of likely N-dealkylation sites (N-methyl/N-ethyl adjacent to an activating group) is 1. The third-order valence-electron chi connectivity index (χ3n) is 5.36. The van der Waals surface area contributed by atoms with Crippen molar-refractivity contribution in [3.05, 3.63) is 35.8 Å². The molecule has 2 heterocycles. The van der Waals surface area contributed by atoms with E-state index in [4.69, 9.17) is 4.99 Å². The summed E-state index contributed by atoms with van der Waals surface area (Å²) < 4.78 is 13.5. The Morgan fingerprint density at radius 3 is 2.62 bits per heavy atom. The van der Waals surface area contributed by atoms with Gasteiger partial charge in [0.15, 0.2) is 5.96 Å². The first-order chi connectivity index (χ1) is 13.7. The van der Waals surface area contributed by atoms with Gasteiger partial charge in [-0.15, -0.1) is 24.0 Å². The van der Waals surface area contributed by atoms with Crippen molar-refractivity contribution in [1.82, 2.24) is 25.4 Å². The minimum Gasteiger partial charge on any atom is -0.361 e. The lowest BCUT2D eigenvalue weighted by molar-refractivity contribution is 0.140. The molecule has 2 aromatic rings. The average molecular weight is 516 g/mol.